The number of nitrogens with one attached hydrogen (secondary N) is 1. The van der Waals surface area contributed by atoms with Crippen LogP contribution in [0.25, 0.3) is 0 Å². The molecule has 0 heterocycles. The molecule has 108 valence electrons. The second-order valence-corrected chi connectivity index (χ2v) is 4.78. The molecule has 0 fully saturated rings. The van der Waals surface area contributed by atoms with Gasteiger partial charge in [0.05, 0.1) is 12.7 Å². The predicted molar refractivity (Wildman–Crippen MR) is 77.9 cm³/mol. The fourth-order valence-electron chi connectivity index (χ4n) is 1.74. The minimum atomic E-state index is -0.394. The van der Waals surface area contributed by atoms with E-state index < -0.39 is 6.10 Å². The van der Waals surface area contributed by atoms with Crippen LogP contribution in [-0.4, -0.2) is 37.5 Å². The topological polar surface area (TPSA) is 41.5 Å². The first-order chi connectivity index (χ1) is 8.81. The third-order valence-electron chi connectivity index (χ3n) is 2.86. The van der Waals surface area contributed by atoms with E-state index in [0.717, 1.165) is 26.0 Å². The van der Waals surface area contributed by atoms with Crippen molar-refractivity contribution in [2.24, 2.45) is 0 Å². The van der Waals surface area contributed by atoms with E-state index in [-0.39, 0.29) is 0 Å². The Hall–Kier alpha value is -0.380. The minimum Gasteiger partial charge on any atom is -0.389 e. The van der Waals surface area contributed by atoms with E-state index >= 15 is 0 Å². The molecule has 0 aliphatic carbocycles. The zero-order valence-corrected chi connectivity index (χ0v) is 12.0. The summed E-state index contributed by atoms with van der Waals surface area (Å²) in [7, 11) is 0. The Morgan fingerprint density at radius 2 is 1.94 bits per heavy atom. The molecular formula is C15H31NO2. The summed E-state index contributed by atoms with van der Waals surface area (Å²) in [6.07, 6.45) is 10.1. The number of hydrogen-bond donors (Lipinski definition) is 2. The van der Waals surface area contributed by atoms with Crippen LogP contribution >= 0.6 is 0 Å². The fourth-order valence-corrected chi connectivity index (χ4v) is 1.74. The van der Waals surface area contributed by atoms with Crippen molar-refractivity contribution in [3.05, 3.63) is 12.7 Å². The maximum Gasteiger partial charge on any atom is 0.0897 e. The lowest BCUT2D eigenvalue weighted by atomic mass is 10.1. The quantitative estimate of drug-likeness (QED) is 0.371. The second kappa shape index (κ2) is 14.7. The third kappa shape index (κ3) is 13.7. The first-order valence-corrected chi connectivity index (χ1v) is 7.38. The van der Waals surface area contributed by atoms with E-state index in [4.69, 9.17) is 4.74 Å². The summed E-state index contributed by atoms with van der Waals surface area (Å²) in [6, 6.07) is 0. The summed E-state index contributed by atoms with van der Waals surface area (Å²) >= 11 is 0. The smallest absolute Gasteiger partial charge is 0.0897 e. The molecular weight excluding hydrogens is 226 g/mol. The molecule has 0 amide bonds. The third-order valence-corrected chi connectivity index (χ3v) is 2.86. The molecule has 0 radical (unpaired) electrons. The normalized spacial score (nSPS) is 12.6. The van der Waals surface area contributed by atoms with E-state index in [2.05, 4.69) is 18.8 Å². The van der Waals surface area contributed by atoms with Gasteiger partial charge in [-0.2, -0.15) is 0 Å². The number of unbranched alkanes of at least 4 members (excludes halogenated alkanes) is 5. The van der Waals surface area contributed by atoms with Gasteiger partial charge < -0.3 is 15.2 Å². The van der Waals surface area contributed by atoms with Crippen LogP contribution in [0.5, 0.6) is 0 Å². The number of ether oxygens (including phenoxy) is 1. The zero-order valence-electron chi connectivity index (χ0n) is 12.0. The Morgan fingerprint density at radius 3 is 2.67 bits per heavy atom. The maximum absolute atomic E-state index is 9.61. The molecule has 0 saturated heterocycles. The maximum atomic E-state index is 9.61. The van der Waals surface area contributed by atoms with Gasteiger partial charge in [-0.3, -0.25) is 0 Å². The Balaban J connectivity index is 3.10. The van der Waals surface area contributed by atoms with Gasteiger partial charge in [-0.05, 0) is 19.4 Å². The van der Waals surface area contributed by atoms with Crippen LogP contribution in [0.15, 0.2) is 12.7 Å². The number of aliphatic hydroxyl groups excluding tert-OH is 1. The van der Waals surface area contributed by atoms with Crippen molar-refractivity contribution in [2.45, 2.75) is 58.0 Å². The summed E-state index contributed by atoms with van der Waals surface area (Å²) in [5, 5.41) is 12.8. The Labute approximate surface area is 113 Å². The van der Waals surface area contributed by atoms with Crippen LogP contribution in [-0.2, 0) is 4.74 Å². The van der Waals surface area contributed by atoms with Gasteiger partial charge in [0.1, 0.15) is 0 Å². The standard InChI is InChI=1S/C15H31NO2/c1-3-5-7-8-9-10-12-18-14-15(17)13-16-11-6-4-2/h4,15-17H,2-3,5-14H2,1H3. The molecule has 0 saturated carbocycles. The summed E-state index contributed by atoms with van der Waals surface area (Å²) in [5.41, 5.74) is 0. The summed E-state index contributed by atoms with van der Waals surface area (Å²) in [5.74, 6) is 0. The Kier molecular flexibility index (Phi) is 14.4. The molecule has 0 aromatic carbocycles. The lowest BCUT2D eigenvalue weighted by Crippen LogP contribution is -2.31. The molecule has 0 rings (SSSR count). The fraction of sp³-hybridized carbons (Fsp3) is 0.867. The Bertz CT molecular complexity index is 174. The van der Waals surface area contributed by atoms with Crippen molar-refractivity contribution in [1.29, 1.82) is 0 Å². The Morgan fingerprint density at radius 1 is 1.22 bits per heavy atom. The molecule has 0 aliphatic rings. The number of aliphatic hydroxyl groups is 1. The average Bonchev–Trinajstić information content (AvgIpc) is 2.38. The van der Waals surface area contributed by atoms with E-state index in [1.165, 1.54) is 32.1 Å². The van der Waals surface area contributed by atoms with Crippen LogP contribution in [0.2, 0.25) is 0 Å². The highest BCUT2D eigenvalue weighted by molar-refractivity contribution is 4.68. The van der Waals surface area contributed by atoms with Gasteiger partial charge in [-0.25, -0.2) is 0 Å². The van der Waals surface area contributed by atoms with Gasteiger partial charge in [0.25, 0.3) is 0 Å². The first kappa shape index (κ1) is 17.6. The summed E-state index contributed by atoms with van der Waals surface area (Å²) in [6.45, 7) is 8.57. The predicted octanol–water partition coefficient (Wildman–Crippen LogP) is 2.89. The van der Waals surface area contributed by atoms with Gasteiger partial charge in [0.2, 0.25) is 0 Å². The lowest BCUT2D eigenvalue weighted by molar-refractivity contribution is 0.0356. The van der Waals surface area contributed by atoms with Crippen molar-refractivity contribution in [3.63, 3.8) is 0 Å². The van der Waals surface area contributed by atoms with E-state index in [1.54, 1.807) is 0 Å². The van der Waals surface area contributed by atoms with Crippen molar-refractivity contribution in [3.8, 4) is 0 Å². The number of rotatable bonds is 14. The van der Waals surface area contributed by atoms with Crippen LogP contribution in [0.1, 0.15) is 51.9 Å². The monoisotopic (exact) mass is 257 g/mol. The van der Waals surface area contributed by atoms with Gasteiger partial charge in [-0.1, -0.05) is 45.1 Å². The number of hydrogen-bond acceptors (Lipinski definition) is 3. The molecule has 3 heteroatoms. The highest BCUT2D eigenvalue weighted by Gasteiger charge is 2.02. The van der Waals surface area contributed by atoms with Crippen molar-refractivity contribution in [1.82, 2.24) is 5.32 Å². The highest BCUT2D eigenvalue weighted by atomic mass is 16.5. The van der Waals surface area contributed by atoms with E-state index in [1.807, 2.05) is 6.08 Å². The molecule has 0 spiro atoms. The van der Waals surface area contributed by atoms with Gasteiger partial charge >= 0.3 is 0 Å². The van der Waals surface area contributed by atoms with Crippen LogP contribution < -0.4 is 5.32 Å². The molecule has 2 N–H and O–H groups in total. The van der Waals surface area contributed by atoms with Crippen molar-refractivity contribution < 1.29 is 9.84 Å². The molecule has 0 aliphatic heterocycles. The zero-order chi connectivity index (χ0) is 13.5. The van der Waals surface area contributed by atoms with Gasteiger partial charge in [-0.15, -0.1) is 6.58 Å². The molecule has 0 bridgehead atoms. The molecule has 1 atom stereocenters. The molecule has 0 aromatic heterocycles. The van der Waals surface area contributed by atoms with Crippen LogP contribution in [0.3, 0.4) is 0 Å². The van der Waals surface area contributed by atoms with Crippen LogP contribution in [0.4, 0.5) is 0 Å². The molecule has 1 unspecified atom stereocenters. The lowest BCUT2D eigenvalue weighted by Gasteiger charge is -2.11. The first-order valence-electron chi connectivity index (χ1n) is 7.38. The van der Waals surface area contributed by atoms with Gasteiger partial charge in [0.15, 0.2) is 0 Å². The average molecular weight is 257 g/mol. The molecule has 18 heavy (non-hydrogen) atoms. The van der Waals surface area contributed by atoms with Gasteiger partial charge in [0, 0.05) is 13.2 Å². The van der Waals surface area contributed by atoms with E-state index in [9.17, 15) is 5.11 Å². The van der Waals surface area contributed by atoms with Crippen molar-refractivity contribution >= 4 is 0 Å². The summed E-state index contributed by atoms with van der Waals surface area (Å²) < 4.78 is 5.45. The van der Waals surface area contributed by atoms with E-state index in [0.29, 0.717) is 13.2 Å². The van der Waals surface area contributed by atoms with Crippen LogP contribution in [0, 0.1) is 0 Å². The molecule has 0 aromatic rings. The summed E-state index contributed by atoms with van der Waals surface area (Å²) in [4.78, 5) is 0. The highest BCUT2D eigenvalue weighted by Crippen LogP contribution is 2.04. The molecule has 3 nitrogen and oxygen atoms in total. The minimum absolute atomic E-state index is 0.394. The second-order valence-electron chi connectivity index (χ2n) is 4.78. The van der Waals surface area contributed by atoms with Crippen molar-refractivity contribution in [2.75, 3.05) is 26.3 Å². The largest absolute Gasteiger partial charge is 0.389 e. The SMILES string of the molecule is C=CCCNCC(O)COCCCCCCCC.